The summed E-state index contributed by atoms with van der Waals surface area (Å²) in [5, 5.41) is 8.51. The van der Waals surface area contributed by atoms with Gasteiger partial charge in [-0.15, -0.1) is 0 Å². The average Bonchev–Trinajstić information content (AvgIpc) is 2.78. The van der Waals surface area contributed by atoms with Crippen LogP contribution in [0.3, 0.4) is 0 Å². The molecular formula is C15H21F2NO3. The van der Waals surface area contributed by atoms with E-state index < -0.39 is 17.4 Å². The van der Waals surface area contributed by atoms with Gasteiger partial charge >= 0.3 is 6.09 Å². The zero-order chi connectivity index (χ0) is 16.0. The lowest BCUT2D eigenvalue weighted by atomic mass is 10.2. The summed E-state index contributed by atoms with van der Waals surface area (Å²) in [6.07, 6.45) is 2.05. The Morgan fingerprint density at radius 3 is 2.00 bits per heavy atom. The lowest BCUT2D eigenvalue weighted by Crippen LogP contribution is -2.34. The first-order valence-electron chi connectivity index (χ1n) is 6.80. The van der Waals surface area contributed by atoms with Crippen LogP contribution in [0.15, 0.2) is 18.2 Å². The molecule has 118 valence electrons. The second-order valence-electron chi connectivity index (χ2n) is 5.80. The van der Waals surface area contributed by atoms with Gasteiger partial charge < -0.3 is 14.7 Å². The molecule has 1 aliphatic heterocycles. The zero-order valence-electron chi connectivity index (χ0n) is 12.5. The van der Waals surface area contributed by atoms with E-state index in [4.69, 9.17) is 9.84 Å². The van der Waals surface area contributed by atoms with Crippen molar-refractivity contribution in [1.82, 2.24) is 4.90 Å². The van der Waals surface area contributed by atoms with Crippen LogP contribution in [0.25, 0.3) is 0 Å². The van der Waals surface area contributed by atoms with Crippen LogP contribution < -0.4 is 0 Å². The number of carbonyl (C=O) groups is 1. The third-order valence-corrected chi connectivity index (χ3v) is 2.61. The molecule has 1 amide bonds. The highest BCUT2D eigenvalue weighted by molar-refractivity contribution is 5.68. The van der Waals surface area contributed by atoms with Gasteiger partial charge in [0.1, 0.15) is 23.0 Å². The largest absolute Gasteiger partial charge is 0.508 e. The fourth-order valence-electron chi connectivity index (χ4n) is 1.77. The number of nitrogens with zero attached hydrogens (tertiary/aromatic N) is 1. The normalized spacial score (nSPS) is 14.4. The van der Waals surface area contributed by atoms with Crippen molar-refractivity contribution in [2.45, 2.75) is 39.2 Å². The molecule has 0 radical (unpaired) electrons. The monoisotopic (exact) mass is 301 g/mol. The van der Waals surface area contributed by atoms with Crippen LogP contribution in [-0.4, -0.2) is 34.8 Å². The molecule has 0 aromatic heterocycles. The Hall–Kier alpha value is -1.85. The second kappa shape index (κ2) is 7.24. The molecule has 1 N–H and O–H groups in total. The van der Waals surface area contributed by atoms with E-state index in [1.165, 1.54) is 0 Å². The van der Waals surface area contributed by atoms with Gasteiger partial charge in [-0.05, 0) is 33.6 Å². The van der Waals surface area contributed by atoms with Gasteiger partial charge in [0.25, 0.3) is 0 Å². The Morgan fingerprint density at radius 2 is 1.62 bits per heavy atom. The third-order valence-electron chi connectivity index (χ3n) is 2.61. The molecule has 2 rings (SSSR count). The third kappa shape index (κ3) is 6.92. The minimum absolute atomic E-state index is 0.167. The van der Waals surface area contributed by atoms with Crippen LogP contribution in [0.4, 0.5) is 13.6 Å². The number of phenols is 1. The first kappa shape index (κ1) is 17.2. The van der Waals surface area contributed by atoms with Crippen LogP contribution in [0, 0.1) is 11.6 Å². The Bertz CT molecular complexity index is 430. The maximum absolute atomic E-state index is 12.0. The van der Waals surface area contributed by atoms with Crippen LogP contribution in [0.5, 0.6) is 5.75 Å². The van der Waals surface area contributed by atoms with Crippen molar-refractivity contribution in [1.29, 1.82) is 0 Å². The predicted octanol–water partition coefficient (Wildman–Crippen LogP) is 3.69. The van der Waals surface area contributed by atoms with Gasteiger partial charge in [0.05, 0.1) is 0 Å². The van der Waals surface area contributed by atoms with Gasteiger partial charge in [0.2, 0.25) is 0 Å². The number of benzene rings is 1. The van der Waals surface area contributed by atoms with Crippen molar-refractivity contribution in [2.75, 3.05) is 13.1 Å². The number of ether oxygens (including phenoxy) is 1. The average molecular weight is 301 g/mol. The molecule has 1 saturated heterocycles. The summed E-state index contributed by atoms with van der Waals surface area (Å²) in [5.74, 6) is -1.94. The molecule has 1 heterocycles. The summed E-state index contributed by atoms with van der Waals surface area (Å²) in [5.41, 5.74) is -0.361. The van der Waals surface area contributed by atoms with E-state index in [0.717, 1.165) is 38.1 Å². The van der Waals surface area contributed by atoms with Gasteiger partial charge in [0.15, 0.2) is 0 Å². The van der Waals surface area contributed by atoms with Crippen LogP contribution in [-0.2, 0) is 4.74 Å². The molecule has 6 heteroatoms. The number of carbonyl (C=O) groups excluding carboxylic acids is 1. The molecule has 0 bridgehead atoms. The molecule has 1 aromatic rings. The molecule has 4 nitrogen and oxygen atoms in total. The Labute approximate surface area is 123 Å². The number of rotatable bonds is 0. The lowest BCUT2D eigenvalue weighted by Gasteiger charge is -2.23. The van der Waals surface area contributed by atoms with Crippen molar-refractivity contribution < 1.29 is 23.4 Å². The topological polar surface area (TPSA) is 49.8 Å². The Balaban J connectivity index is 0.000000219. The van der Waals surface area contributed by atoms with E-state index >= 15 is 0 Å². The van der Waals surface area contributed by atoms with Crippen molar-refractivity contribution in [3.8, 4) is 5.75 Å². The molecule has 0 atom stereocenters. The zero-order valence-corrected chi connectivity index (χ0v) is 12.5. The lowest BCUT2D eigenvalue weighted by molar-refractivity contribution is 0.0295. The molecule has 0 unspecified atom stereocenters. The van der Waals surface area contributed by atoms with Crippen LogP contribution in [0.2, 0.25) is 0 Å². The van der Waals surface area contributed by atoms with Crippen molar-refractivity contribution >= 4 is 6.09 Å². The predicted molar refractivity (Wildman–Crippen MR) is 75.1 cm³/mol. The fraction of sp³-hybridized carbons (Fsp3) is 0.533. The molecular weight excluding hydrogens is 280 g/mol. The molecule has 1 aromatic carbocycles. The molecule has 1 fully saturated rings. The minimum Gasteiger partial charge on any atom is -0.508 e. The van der Waals surface area contributed by atoms with Crippen molar-refractivity contribution in [3.05, 3.63) is 29.8 Å². The van der Waals surface area contributed by atoms with E-state index in [0.29, 0.717) is 6.07 Å². The maximum atomic E-state index is 12.0. The van der Waals surface area contributed by atoms with Crippen LogP contribution in [0.1, 0.15) is 33.6 Å². The summed E-state index contributed by atoms with van der Waals surface area (Å²) < 4.78 is 29.3. The molecule has 0 saturated carbocycles. The van der Waals surface area contributed by atoms with E-state index in [1.54, 1.807) is 4.90 Å². The number of aromatic hydroxyl groups is 1. The standard InChI is InChI=1S/C9H17NO2.C6H4F2O/c1-9(2,3)12-8(11)10-6-4-5-7-10;7-4-1-5(8)3-6(9)2-4/h4-7H2,1-3H3;1-3,9H. The van der Waals surface area contributed by atoms with Gasteiger partial charge in [-0.2, -0.15) is 0 Å². The van der Waals surface area contributed by atoms with Crippen molar-refractivity contribution in [3.63, 3.8) is 0 Å². The molecule has 0 aliphatic carbocycles. The van der Waals surface area contributed by atoms with E-state index in [9.17, 15) is 13.6 Å². The van der Waals surface area contributed by atoms with Gasteiger partial charge in [-0.3, -0.25) is 0 Å². The number of hydrogen-bond donors (Lipinski definition) is 1. The highest BCUT2D eigenvalue weighted by Crippen LogP contribution is 2.14. The van der Waals surface area contributed by atoms with Gasteiger partial charge in [-0.25, -0.2) is 13.6 Å². The summed E-state index contributed by atoms with van der Waals surface area (Å²) in [6.45, 7) is 7.38. The maximum Gasteiger partial charge on any atom is 0.410 e. The molecule has 21 heavy (non-hydrogen) atoms. The second-order valence-corrected chi connectivity index (χ2v) is 5.80. The highest BCUT2D eigenvalue weighted by atomic mass is 19.1. The first-order valence-corrected chi connectivity index (χ1v) is 6.80. The highest BCUT2D eigenvalue weighted by Gasteiger charge is 2.23. The number of halogens is 2. The smallest absolute Gasteiger partial charge is 0.410 e. The summed E-state index contributed by atoms with van der Waals surface area (Å²) in [7, 11) is 0. The quantitative estimate of drug-likeness (QED) is 0.795. The number of hydrogen-bond acceptors (Lipinski definition) is 3. The first-order chi connectivity index (χ1) is 9.67. The molecule has 0 spiro atoms. The Morgan fingerprint density at radius 1 is 1.14 bits per heavy atom. The van der Waals surface area contributed by atoms with Gasteiger partial charge in [0, 0.05) is 31.3 Å². The fourth-order valence-corrected chi connectivity index (χ4v) is 1.77. The SMILES string of the molecule is CC(C)(C)OC(=O)N1CCCC1.Oc1cc(F)cc(F)c1. The van der Waals surface area contributed by atoms with E-state index in [-0.39, 0.29) is 11.7 Å². The van der Waals surface area contributed by atoms with Crippen LogP contribution >= 0.6 is 0 Å². The number of likely N-dealkylation sites (tertiary alicyclic amines) is 1. The summed E-state index contributed by atoms with van der Waals surface area (Å²) in [6, 6.07) is 2.37. The molecule has 1 aliphatic rings. The number of amides is 1. The van der Waals surface area contributed by atoms with Gasteiger partial charge in [-0.1, -0.05) is 0 Å². The summed E-state index contributed by atoms with van der Waals surface area (Å²) in [4.78, 5) is 13.1. The Kier molecular flexibility index (Phi) is 5.93. The van der Waals surface area contributed by atoms with E-state index in [2.05, 4.69) is 0 Å². The minimum atomic E-state index is -0.771. The summed E-state index contributed by atoms with van der Waals surface area (Å²) >= 11 is 0. The van der Waals surface area contributed by atoms with E-state index in [1.807, 2.05) is 20.8 Å². The number of phenolic OH excluding ortho intramolecular Hbond substituents is 1. The van der Waals surface area contributed by atoms with Crippen molar-refractivity contribution in [2.24, 2.45) is 0 Å².